The van der Waals surface area contributed by atoms with E-state index in [1.165, 1.54) is 4.09 Å². The number of halogens is 2. The smallest absolute Gasteiger partial charge is 0.0782 e. The van der Waals surface area contributed by atoms with Crippen molar-refractivity contribution in [3.63, 3.8) is 0 Å². The molecule has 1 aliphatic rings. The third-order valence-corrected chi connectivity index (χ3v) is 2.30. The Balaban J connectivity index is 2.41. The average Bonchev–Trinajstić information content (AvgIpc) is 2.70. The van der Waals surface area contributed by atoms with Gasteiger partial charge in [0.05, 0.1) is 16.4 Å². The zero-order valence-electron chi connectivity index (χ0n) is 6.61. The second-order valence-corrected chi connectivity index (χ2v) is 3.34. The molecule has 2 nitrogen and oxygen atoms in total. The largest absolute Gasteiger partial charge is 0.259 e. The molecule has 0 amide bonds. The van der Waals surface area contributed by atoms with Crippen molar-refractivity contribution in [2.45, 2.75) is 0 Å². The van der Waals surface area contributed by atoms with Gasteiger partial charge in [-0.25, -0.2) is 0 Å². The molecular weight excluding hydrogens is 207 g/mol. The van der Waals surface area contributed by atoms with Crippen LogP contribution in [0.25, 0.3) is 6.08 Å². The minimum absolute atomic E-state index is 0.623. The van der Waals surface area contributed by atoms with Crippen LogP contribution in [0, 0.1) is 0 Å². The first-order valence-corrected chi connectivity index (χ1v) is 4.44. The van der Waals surface area contributed by atoms with Gasteiger partial charge in [-0.15, -0.1) is 0 Å². The maximum Gasteiger partial charge on any atom is 0.0782 e. The Morgan fingerprint density at radius 2 is 2.31 bits per heavy atom. The second kappa shape index (κ2) is 3.40. The molecule has 0 unspecified atom stereocenters. The van der Waals surface area contributed by atoms with E-state index < -0.39 is 0 Å². The summed E-state index contributed by atoms with van der Waals surface area (Å²) >= 11 is 11.7. The Morgan fingerprint density at radius 1 is 1.46 bits per heavy atom. The molecular formula is C9H6Cl2N2. The summed E-state index contributed by atoms with van der Waals surface area (Å²) in [4.78, 5) is 4.09. The Morgan fingerprint density at radius 3 is 2.85 bits per heavy atom. The molecule has 0 aromatic carbocycles. The number of hydrogen-bond acceptors (Lipinski definition) is 1. The van der Waals surface area contributed by atoms with Gasteiger partial charge in [-0.3, -0.25) is 9.08 Å². The van der Waals surface area contributed by atoms with Gasteiger partial charge in [-0.05, 0) is 24.3 Å². The van der Waals surface area contributed by atoms with Crippen LogP contribution >= 0.6 is 23.4 Å². The molecule has 66 valence electrons. The molecule has 2 heterocycles. The third-order valence-electron chi connectivity index (χ3n) is 1.69. The Bertz CT molecular complexity index is 380. The number of aromatic nitrogens is 1. The summed E-state index contributed by atoms with van der Waals surface area (Å²) in [6.45, 7) is 0. The standard InChI is InChI=1S/C9H6Cl2N2/c10-8-3-5-13(11)9(8)6-7-2-1-4-12-7/h1-6H/b7-6+. The summed E-state index contributed by atoms with van der Waals surface area (Å²) in [6, 6.07) is 1.74. The number of aliphatic imine (C=N–C) groups is 1. The van der Waals surface area contributed by atoms with Crippen molar-refractivity contribution in [2.24, 2.45) is 4.99 Å². The molecule has 1 aliphatic heterocycles. The lowest BCUT2D eigenvalue weighted by Gasteiger charge is -1.95. The predicted octanol–water partition coefficient (Wildman–Crippen LogP) is 3.12. The van der Waals surface area contributed by atoms with E-state index >= 15 is 0 Å². The molecule has 0 saturated heterocycles. The van der Waals surface area contributed by atoms with Crippen LogP contribution in [0.3, 0.4) is 0 Å². The maximum atomic E-state index is 5.90. The molecule has 0 spiro atoms. The van der Waals surface area contributed by atoms with E-state index in [-0.39, 0.29) is 0 Å². The zero-order chi connectivity index (χ0) is 9.26. The van der Waals surface area contributed by atoms with Gasteiger partial charge >= 0.3 is 0 Å². The monoisotopic (exact) mass is 212 g/mol. The zero-order valence-corrected chi connectivity index (χ0v) is 8.13. The van der Waals surface area contributed by atoms with Crippen molar-refractivity contribution in [1.29, 1.82) is 0 Å². The maximum absolute atomic E-state index is 5.90. The van der Waals surface area contributed by atoms with E-state index in [9.17, 15) is 0 Å². The van der Waals surface area contributed by atoms with E-state index in [4.69, 9.17) is 23.4 Å². The SMILES string of the molecule is Clc1ccn(Cl)c1/C=C1\C=CC=N1. The summed E-state index contributed by atoms with van der Waals surface area (Å²) in [5.74, 6) is 0. The lowest BCUT2D eigenvalue weighted by atomic mass is 10.3. The highest BCUT2D eigenvalue weighted by atomic mass is 35.5. The van der Waals surface area contributed by atoms with Gasteiger partial charge in [0.15, 0.2) is 0 Å². The number of nitrogens with zero attached hydrogens (tertiary/aromatic N) is 2. The van der Waals surface area contributed by atoms with E-state index in [2.05, 4.69) is 4.99 Å². The van der Waals surface area contributed by atoms with Gasteiger partial charge in [0.1, 0.15) is 0 Å². The lowest BCUT2D eigenvalue weighted by molar-refractivity contribution is 1.23. The first-order valence-electron chi connectivity index (χ1n) is 3.73. The van der Waals surface area contributed by atoms with Gasteiger partial charge in [-0.1, -0.05) is 11.6 Å². The minimum atomic E-state index is 0.623. The summed E-state index contributed by atoms with van der Waals surface area (Å²) in [7, 11) is 0. The molecule has 0 fully saturated rings. The van der Waals surface area contributed by atoms with Crippen molar-refractivity contribution >= 4 is 35.7 Å². The fourth-order valence-electron chi connectivity index (χ4n) is 1.07. The quantitative estimate of drug-likeness (QED) is 0.681. The summed E-state index contributed by atoms with van der Waals surface area (Å²) in [5.41, 5.74) is 1.60. The molecule has 2 rings (SSSR count). The highest BCUT2D eigenvalue weighted by Crippen LogP contribution is 2.22. The van der Waals surface area contributed by atoms with E-state index in [0.29, 0.717) is 5.02 Å². The molecule has 0 bridgehead atoms. The van der Waals surface area contributed by atoms with Crippen molar-refractivity contribution in [3.05, 3.63) is 40.8 Å². The molecule has 4 heteroatoms. The van der Waals surface area contributed by atoms with Crippen LogP contribution in [0.5, 0.6) is 0 Å². The predicted molar refractivity (Wildman–Crippen MR) is 56.3 cm³/mol. The van der Waals surface area contributed by atoms with E-state index in [0.717, 1.165) is 11.4 Å². The van der Waals surface area contributed by atoms with Crippen molar-refractivity contribution in [1.82, 2.24) is 4.09 Å². The highest BCUT2D eigenvalue weighted by Gasteiger charge is 2.04. The molecule has 0 N–H and O–H groups in total. The van der Waals surface area contributed by atoms with Crippen molar-refractivity contribution < 1.29 is 0 Å². The topological polar surface area (TPSA) is 17.3 Å². The molecule has 0 radical (unpaired) electrons. The summed E-state index contributed by atoms with van der Waals surface area (Å²) < 4.78 is 1.44. The molecule has 1 aromatic heterocycles. The third kappa shape index (κ3) is 1.69. The fraction of sp³-hybridized carbons (Fsp3) is 0. The first-order chi connectivity index (χ1) is 6.27. The lowest BCUT2D eigenvalue weighted by Crippen LogP contribution is -1.82. The molecule has 1 aromatic rings. The van der Waals surface area contributed by atoms with Gasteiger partial charge in [-0.2, -0.15) is 0 Å². The van der Waals surface area contributed by atoms with E-state index in [1.807, 2.05) is 18.2 Å². The van der Waals surface area contributed by atoms with Crippen LogP contribution in [-0.4, -0.2) is 10.3 Å². The molecule has 0 aliphatic carbocycles. The number of allylic oxidation sites excluding steroid dienone is 2. The summed E-state index contributed by atoms with van der Waals surface area (Å²) in [5, 5.41) is 0.623. The van der Waals surface area contributed by atoms with Gasteiger partial charge in [0.25, 0.3) is 0 Å². The fourth-order valence-corrected chi connectivity index (χ4v) is 1.51. The molecule has 0 saturated carbocycles. The second-order valence-electron chi connectivity index (χ2n) is 2.57. The van der Waals surface area contributed by atoms with Crippen LogP contribution in [0.4, 0.5) is 0 Å². The first kappa shape index (κ1) is 8.60. The van der Waals surface area contributed by atoms with Crippen LogP contribution in [-0.2, 0) is 0 Å². The van der Waals surface area contributed by atoms with Crippen molar-refractivity contribution in [2.75, 3.05) is 0 Å². The van der Waals surface area contributed by atoms with Crippen LogP contribution in [0.1, 0.15) is 5.69 Å². The van der Waals surface area contributed by atoms with Crippen LogP contribution in [0.2, 0.25) is 5.02 Å². The Labute approximate surface area is 85.9 Å². The normalized spacial score (nSPS) is 17.5. The van der Waals surface area contributed by atoms with Gasteiger partial charge < -0.3 is 0 Å². The minimum Gasteiger partial charge on any atom is -0.259 e. The van der Waals surface area contributed by atoms with E-state index in [1.54, 1.807) is 18.5 Å². The highest BCUT2D eigenvalue weighted by molar-refractivity contribution is 6.33. The number of rotatable bonds is 1. The summed E-state index contributed by atoms with van der Waals surface area (Å²) in [6.07, 6.45) is 9.00. The van der Waals surface area contributed by atoms with Crippen molar-refractivity contribution in [3.8, 4) is 0 Å². The Hall–Kier alpha value is -0.990. The van der Waals surface area contributed by atoms with Crippen LogP contribution < -0.4 is 0 Å². The van der Waals surface area contributed by atoms with Gasteiger partial charge in [0.2, 0.25) is 0 Å². The molecule has 0 atom stereocenters. The Kier molecular flexibility index (Phi) is 2.25. The van der Waals surface area contributed by atoms with Crippen LogP contribution in [0.15, 0.2) is 35.1 Å². The van der Waals surface area contributed by atoms with Gasteiger partial charge in [0, 0.05) is 24.2 Å². The molecule has 13 heavy (non-hydrogen) atoms. The average molecular weight is 213 g/mol. The number of hydrogen-bond donors (Lipinski definition) is 0.